The summed E-state index contributed by atoms with van der Waals surface area (Å²) in [5.74, 6) is 0.809. The van der Waals surface area contributed by atoms with Crippen molar-refractivity contribution in [1.29, 1.82) is 0 Å². The van der Waals surface area contributed by atoms with E-state index in [4.69, 9.17) is 4.74 Å². The number of ether oxygens (including phenoxy) is 1. The summed E-state index contributed by atoms with van der Waals surface area (Å²) < 4.78 is 5.72. The van der Waals surface area contributed by atoms with Gasteiger partial charge in [-0.1, -0.05) is 42.5 Å². The molecule has 2 aromatic rings. The molecule has 0 radical (unpaired) electrons. The average molecular weight is 411 g/mol. The van der Waals surface area contributed by atoms with Crippen LogP contribution in [0.4, 0.5) is 0 Å². The van der Waals surface area contributed by atoms with Crippen LogP contribution >= 0.6 is 0 Å². The number of nitrogens with one attached hydrogen (secondary N) is 2. The number of carbonyl (C=O) groups excluding carboxylic acids is 1. The van der Waals surface area contributed by atoms with Crippen LogP contribution in [0, 0.1) is 0 Å². The van der Waals surface area contributed by atoms with Crippen molar-refractivity contribution in [3.8, 4) is 0 Å². The predicted molar refractivity (Wildman–Crippen MR) is 123 cm³/mol. The van der Waals surface area contributed by atoms with Crippen molar-refractivity contribution in [2.24, 2.45) is 4.99 Å². The Balaban J connectivity index is 1.69. The third-order valence-electron chi connectivity index (χ3n) is 4.49. The normalized spacial score (nSPS) is 11.2. The molecule has 6 heteroatoms. The Labute approximate surface area is 180 Å². The van der Waals surface area contributed by atoms with E-state index >= 15 is 0 Å². The molecule has 30 heavy (non-hydrogen) atoms. The first kappa shape index (κ1) is 23.4. The Hall–Kier alpha value is -2.86. The highest BCUT2D eigenvalue weighted by Gasteiger charge is 2.07. The molecule has 0 unspecified atom stereocenters. The predicted octanol–water partition coefficient (Wildman–Crippen LogP) is 3.44. The second-order valence-corrected chi connectivity index (χ2v) is 7.26. The fourth-order valence-electron chi connectivity index (χ4n) is 2.82. The molecule has 0 saturated heterocycles. The van der Waals surface area contributed by atoms with Gasteiger partial charge in [-0.05, 0) is 43.0 Å². The van der Waals surface area contributed by atoms with E-state index in [1.165, 1.54) is 5.56 Å². The van der Waals surface area contributed by atoms with Gasteiger partial charge < -0.3 is 20.3 Å². The van der Waals surface area contributed by atoms with Crippen LogP contribution in [-0.4, -0.2) is 50.6 Å². The Morgan fingerprint density at radius 1 is 0.967 bits per heavy atom. The van der Waals surface area contributed by atoms with Crippen LogP contribution in [0.25, 0.3) is 0 Å². The molecular formula is C24H34N4O2. The summed E-state index contributed by atoms with van der Waals surface area (Å²) >= 11 is 0. The molecule has 0 aliphatic carbocycles. The maximum Gasteiger partial charge on any atom is 0.253 e. The maximum absolute atomic E-state index is 12.0. The van der Waals surface area contributed by atoms with E-state index in [1.54, 1.807) is 19.0 Å². The zero-order valence-corrected chi connectivity index (χ0v) is 18.4. The van der Waals surface area contributed by atoms with E-state index in [1.807, 2.05) is 42.5 Å². The lowest BCUT2D eigenvalue weighted by atomic mass is 10.1. The summed E-state index contributed by atoms with van der Waals surface area (Å²) in [5, 5.41) is 6.63. The molecule has 2 N–H and O–H groups in total. The van der Waals surface area contributed by atoms with Crippen molar-refractivity contribution >= 4 is 11.9 Å². The fraction of sp³-hybridized carbons (Fsp3) is 0.417. The maximum atomic E-state index is 12.0. The number of nitrogens with zero attached hydrogens (tertiary/aromatic N) is 2. The number of hydrogen-bond acceptors (Lipinski definition) is 3. The second-order valence-electron chi connectivity index (χ2n) is 7.26. The molecule has 162 valence electrons. The summed E-state index contributed by atoms with van der Waals surface area (Å²) in [5.41, 5.74) is 2.96. The van der Waals surface area contributed by atoms with Crippen LogP contribution in [-0.2, 0) is 17.9 Å². The number of amides is 1. The van der Waals surface area contributed by atoms with Crippen molar-refractivity contribution in [2.45, 2.75) is 32.9 Å². The van der Waals surface area contributed by atoms with Gasteiger partial charge in [0.15, 0.2) is 5.96 Å². The largest absolute Gasteiger partial charge is 0.377 e. The monoisotopic (exact) mass is 410 g/mol. The minimum Gasteiger partial charge on any atom is -0.377 e. The van der Waals surface area contributed by atoms with Gasteiger partial charge in [0.05, 0.1) is 13.2 Å². The lowest BCUT2D eigenvalue weighted by molar-refractivity contribution is 0.0827. The molecule has 2 aromatic carbocycles. The smallest absolute Gasteiger partial charge is 0.253 e. The number of hydrogen-bond donors (Lipinski definition) is 2. The average Bonchev–Trinajstić information content (AvgIpc) is 2.77. The quantitative estimate of drug-likeness (QED) is 0.338. The molecule has 0 aromatic heterocycles. The van der Waals surface area contributed by atoms with E-state index in [0.29, 0.717) is 18.7 Å². The molecule has 0 aliphatic rings. The lowest BCUT2D eigenvalue weighted by Gasteiger charge is -2.12. The van der Waals surface area contributed by atoms with E-state index in [0.717, 1.165) is 44.1 Å². The highest BCUT2D eigenvalue weighted by molar-refractivity contribution is 5.93. The minimum absolute atomic E-state index is 0.00723. The fourth-order valence-corrected chi connectivity index (χ4v) is 2.82. The molecule has 0 atom stereocenters. The van der Waals surface area contributed by atoms with E-state index < -0.39 is 0 Å². The van der Waals surface area contributed by atoms with Crippen LogP contribution < -0.4 is 10.6 Å². The first-order chi connectivity index (χ1) is 14.6. The molecule has 0 aliphatic heterocycles. The third kappa shape index (κ3) is 8.66. The molecule has 0 heterocycles. The number of carbonyl (C=O) groups is 1. The number of benzene rings is 2. The standard InChI is InChI=1S/C24H34N4O2/c1-4-25-24(26-16-8-9-17-30-19-21-10-6-5-7-11-21)27-18-20-12-14-22(15-13-20)23(29)28(2)3/h5-7,10-15H,4,8-9,16-19H2,1-3H3,(H2,25,26,27). The molecular weight excluding hydrogens is 376 g/mol. The van der Waals surface area contributed by atoms with Crippen LogP contribution in [0.5, 0.6) is 0 Å². The van der Waals surface area contributed by atoms with Crippen molar-refractivity contribution in [3.63, 3.8) is 0 Å². The van der Waals surface area contributed by atoms with E-state index in [2.05, 4.69) is 34.7 Å². The summed E-state index contributed by atoms with van der Waals surface area (Å²) in [6, 6.07) is 17.8. The molecule has 0 fully saturated rings. The molecule has 1 amide bonds. The minimum atomic E-state index is 0.00723. The highest BCUT2D eigenvalue weighted by Crippen LogP contribution is 2.07. The van der Waals surface area contributed by atoms with Crippen molar-refractivity contribution < 1.29 is 9.53 Å². The van der Waals surface area contributed by atoms with Crippen LogP contribution in [0.3, 0.4) is 0 Å². The Kier molecular flexibility index (Phi) is 10.4. The number of guanidine groups is 1. The van der Waals surface area contributed by atoms with Gasteiger partial charge >= 0.3 is 0 Å². The SMILES string of the molecule is CCNC(=NCc1ccc(C(=O)N(C)C)cc1)NCCCCOCc1ccccc1. The van der Waals surface area contributed by atoms with Gasteiger partial charge in [0, 0.05) is 39.4 Å². The third-order valence-corrected chi connectivity index (χ3v) is 4.49. The second kappa shape index (κ2) is 13.4. The van der Waals surface area contributed by atoms with Crippen molar-refractivity contribution in [1.82, 2.24) is 15.5 Å². The van der Waals surface area contributed by atoms with Crippen LogP contribution in [0.15, 0.2) is 59.6 Å². The Morgan fingerprint density at radius 2 is 1.70 bits per heavy atom. The number of unbranched alkanes of at least 4 members (excludes halogenated alkanes) is 1. The van der Waals surface area contributed by atoms with E-state index in [9.17, 15) is 4.79 Å². The Morgan fingerprint density at radius 3 is 2.37 bits per heavy atom. The summed E-state index contributed by atoms with van der Waals surface area (Å²) in [6.07, 6.45) is 2.02. The first-order valence-electron chi connectivity index (χ1n) is 10.5. The molecule has 2 rings (SSSR count). The van der Waals surface area contributed by atoms with Gasteiger partial charge in [0.25, 0.3) is 5.91 Å². The van der Waals surface area contributed by atoms with Crippen molar-refractivity contribution in [3.05, 3.63) is 71.3 Å². The van der Waals surface area contributed by atoms with Gasteiger partial charge in [-0.15, -0.1) is 0 Å². The zero-order valence-electron chi connectivity index (χ0n) is 18.4. The van der Waals surface area contributed by atoms with Gasteiger partial charge in [0.2, 0.25) is 0 Å². The summed E-state index contributed by atoms with van der Waals surface area (Å²) in [4.78, 5) is 18.2. The molecule has 6 nitrogen and oxygen atoms in total. The van der Waals surface area contributed by atoms with Gasteiger partial charge in [0.1, 0.15) is 0 Å². The lowest BCUT2D eigenvalue weighted by Crippen LogP contribution is -2.37. The van der Waals surface area contributed by atoms with Gasteiger partial charge in [-0.3, -0.25) is 4.79 Å². The van der Waals surface area contributed by atoms with Gasteiger partial charge in [-0.25, -0.2) is 4.99 Å². The summed E-state index contributed by atoms with van der Waals surface area (Å²) in [7, 11) is 3.51. The Bertz CT molecular complexity index is 774. The zero-order chi connectivity index (χ0) is 21.6. The first-order valence-corrected chi connectivity index (χ1v) is 10.5. The molecule has 0 saturated carbocycles. The van der Waals surface area contributed by atoms with Crippen LogP contribution in [0.2, 0.25) is 0 Å². The van der Waals surface area contributed by atoms with Gasteiger partial charge in [-0.2, -0.15) is 0 Å². The molecule has 0 bridgehead atoms. The topological polar surface area (TPSA) is 66.0 Å². The molecule has 0 spiro atoms. The highest BCUT2D eigenvalue weighted by atomic mass is 16.5. The summed E-state index contributed by atoms with van der Waals surface area (Å²) in [6.45, 7) is 5.68. The number of rotatable bonds is 11. The van der Waals surface area contributed by atoms with E-state index in [-0.39, 0.29) is 5.91 Å². The number of aliphatic imine (C=N–C) groups is 1. The van der Waals surface area contributed by atoms with Crippen molar-refractivity contribution in [2.75, 3.05) is 33.8 Å². The van der Waals surface area contributed by atoms with Crippen LogP contribution in [0.1, 0.15) is 41.3 Å².